The van der Waals surface area contributed by atoms with Gasteiger partial charge in [0.15, 0.2) is 0 Å². The highest BCUT2D eigenvalue weighted by atomic mass is 35.5. The van der Waals surface area contributed by atoms with Gasteiger partial charge in [-0.3, -0.25) is 0 Å². The van der Waals surface area contributed by atoms with E-state index in [1.807, 2.05) is 35.9 Å². The molecule has 0 amide bonds. The van der Waals surface area contributed by atoms with Crippen molar-refractivity contribution >= 4 is 35.3 Å². The lowest BCUT2D eigenvalue weighted by molar-refractivity contribution is 1.11. The van der Waals surface area contributed by atoms with Crippen LogP contribution in [-0.4, -0.2) is 9.97 Å². The van der Waals surface area contributed by atoms with Crippen molar-refractivity contribution < 1.29 is 0 Å². The van der Waals surface area contributed by atoms with Crippen LogP contribution in [0.2, 0.25) is 5.02 Å². The van der Waals surface area contributed by atoms with E-state index in [4.69, 9.17) is 11.6 Å². The molecular weight excluding hydrogens is 326 g/mol. The van der Waals surface area contributed by atoms with Crippen molar-refractivity contribution in [2.75, 3.05) is 4.72 Å². The molecule has 0 spiro atoms. The number of nitrogens with one attached hydrogen (secondary N) is 2. The fourth-order valence-corrected chi connectivity index (χ4v) is 2.77. The van der Waals surface area contributed by atoms with Crippen molar-refractivity contribution in [1.82, 2.24) is 9.97 Å². The maximum Gasteiger partial charge on any atom is 0.0921 e. The summed E-state index contributed by atoms with van der Waals surface area (Å²) in [4.78, 5) is 7.15. The van der Waals surface area contributed by atoms with Gasteiger partial charge in [-0.1, -0.05) is 35.9 Å². The maximum atomic E-state index is 5.86. The van der Waals surface area contributed by atoms with Gasteiger partial charge >= 0.3 is 0 Å². The third-order valence-corrected chi connectivity index (χ3v) is 4.16. The van der Waals surface area contributed by atoms with Crippen LogP contribution < -0.4 is 4.72 Å². The van der Waals surface area contributed by atoms with Crippen LogP contribution in [0.4, 0.5) is 5.69 Å². The van der Waals surface area contributed by atoms with Crippen molar-refractivity contribution in [3.63, 3.8) is 0 Å². The summed E-state index contributed by atoms with van der Waals surface area (Å²) in [6, 6.07) is 16.1. The van der Waals surface area contributed by atoms with Gasteiger partial charge in [0.25, 0.3) is 0 Å². The zero-order chi connectivity index (χ0) is 15.9. The van der Waals surface area contributed by atoms with Crippen LogP contribution in [0.5, 0.6) is 0 Å². The number of halogens is 1. The summed E-state index contributed by atoms with van der Waals surface area (Å²) in [6.07, 6.45) is 6.51. The van der Waals surface area contributed by atoms with Crippen LogP contribution in [-0.2, 0) is 6.42 Å². The van der Waals surface area contributed by atoms with Gasteiger partial charge in [-0.05, 0) is 58.8 Å². The Labute approximate surface area is 144 Å². The minimum atomic E-state index is 0.742. The molecule has 0 unspecified atom stereocenters. The lowest BCUT2D eigenvalue weighted by Crippen LogP contribution is -1.87. The van der Waals surface area contributed by atoms with E-state index >= 15 is 0 Å². The predicted molar refractivity (Wildman–Crippen MR) is 99.5 cm³/mol. The lowest BCUT2D eigenvalue weighted by Gasteiger charge is -2.02. The Hall–Kier alpha value is -2.17. The first-order valence-corrected chi connectivity index (χ1v) is 8.45. The molecule has 3 aromatic rings. The van der Waals surface area contributed by atoms with E-state index in [0.29, 0.717) is 0 Å². The molecule has 2 N–H and O–H groups in total. The van der Waals surface area contributed by atoms with Crippen molar-refractivity contribution in [3.8, 4) is 0 Å². The standard InChI is InChI=1S/C18H16ClN3S/c19-16-5-7-17(8-6-16)22-23-10-9-14-1-3-15(4-2-14)11-18-12-20-13-21-18/h1-10,12-13,22H,11H2,(H,20,21)/b10-9+. The molecular formula is C18H16ClN3S. The Balaban J connectivity index is 1.50. The van der Waals surface area contributed by atoms with Crippen LogP contribution in [0.25, 0.3) is 6.08 Å². The SMILES string of the molecule is Clc1ccc(NS/C=C/c2ccc(Cc3cnc[nH]3)cc2)cc1. The average Bonchev–Trinajstić information content (AvgIpc) is 3.08. The molecule has 116 valence electrons. The summed E-state index contributed by atoms with van der Waals surface area (Å²) in [5.41, 5.74) is 4.58. The first kappa shape index (κ1) is 15.7. The number of rotatable bonds is 6. The molecule has 0 saturated carbocycles. The number of anilines is 1. The van der Waals surface area contributed by atoms with Gasteiger partial charge in [-0.15, -0.1) is 0 Å². The summed E-state index contributed by atoms with van der Waals surface area (Å²) in [7, 11) is 0. The van der Waals surface area contributed by atoms with Gasteiger partial charge < -0.3 is 9.71 Å². The molecule has 0 bridgehead atoms. The zero-order valence-electron chi connectivity index (χ0n) is 12.4. The molecule has 0 aliphatic heterocycles. The zero-order valence-corrected chi connectivity index (χ0v) is 13.9. The van der Waals surface area contributed by atoms with E-state index < -0.39 is 0 Å². The van der Waals surface area contributed by atoms with Crippen LogP contribution in [0.3, 0.4) is 0 Å². The molecule has 1 heterocycles. The second-order valence-electron chi connectivity index (χ2n) is 5.02. The molecule has 3 rings (SSSR count). The average molecular weight is 342 g/mol. The number of H-pyrrole nitrogens is 1. The van der Waals surface area contributed by atoms with E-state index in [2.05, 4.69) is 45.0 Å². The van der Waals surface area contributed by atoms with Crippen LogP contribution in [0.15, 0.2) is 66.5 Å². The normalized spacial score (nSPS) is 11.0. The topological polar surface area (TPSA) is 40.7 Å². The Morgan fingerprint density at radius 2 is 1.87 bits per heavy atom. The van der Waals surface area contributed by atoms with Crippen LogP contribution in [0.1, 0.15) is 16.8 Å². The molecule has 2 aromatic carbocycles. The molecule has 1 aromatic heterocycles. The molecule has 0 radical (unpaired) electrons. The highest BCUT2D eigenvalue weighted by Crippen LogP contribution is 2.18. The lowest BCUT2D eigenvalue weighted by atomic mass is 10.1. The fraction of sp³-hybridized carbons (Fsp3) is 0.0556. The molecule has 5 heteroatoms. The Morgan fingerprint density at radius 3 is 2.57 bits per heavy atom. The second kappa shape index (κ2) is 7.90. The molecule has 0 aliphatic carbocycles. The number of aromatic nitrogens is 2. The van der Waals surface area contributed by atoms with E-state index in [-0.39, 0.29) is 0 Å². The third kappa shape index (κ3) is 4.91. The number of hydrogen-bond donors (Lipinski definition) is 2. The van der Waals surface area contributed by atoms with Crippen LogP contribution in [0, 0.1) is 0 Å². The summed E-state index contributed by atoms with van der Waals surface area (Å²) in [6.45, 7) is 0. The smallest absolute Gasteiger partial charge is 0.0921 e. The van der Waals surface area contributed by atoms with E-state index in [1.165, 1.54) is 23.1 Å². The molecule has 0 aliphatic rings. The Kier molecular flexibility index (Phi) is 5.40. The first-order chi connectivity index (χ1) is 11.3. The molecule has 0 saturated heterocycles. The van der Waals surface area contributed by atoms with Gasteiger partial charge in [0, 0.05) is 29.0 Å². The summed E-state index contributed by atoms with van der Waals surface area (Å²) >= 11 is 7.38. The van der Waals surface area contributed by atoms with Gasteiger partial charge in [0.1, 0.15) is 0 Å². The summed E-state index contributed by atoms with van der Waals surface area (Å²) in [5.74, 6) is 0. The van der Waals surface area contributed by atoms with E-state index in [1.54, 1.807) is 6.33 Å². The van der Waals surface area contributed by atoms with Crippen molar-refractivity contribution in [1.29, 1.82) is 0 Å². The molecule has 0 atom stereocenters. The first-order valence-electron chi connectivity index (χ1n) is 7.19. The number of nitrogens with zero attached hydrogens (tertiary/aromatic N) is 1. The largest absolute Gasteiger partial charge is 0.348 e. The fourth-order valence-electron chi connectivity index (χ4n) is 2.08. The minimum absolute atomic E-state index is 0.742. The van der Waals surface area contributed by atoms with Gasteiger partial charge in [0.05, 0.1) is 6.33 Å². The van der Waals surface area contributed by atoms with Crippen LogP contribution >= 0.6 is 23.5 Å². The highest BCUT2D eigenvalue weighted by Gasteiger charge is 1.97. The summed E-state index contributed by atoms with van der Waals surface area (Å²) in [5, 5.41) is 2.77. The van der Waals surface area contributed by atoms with Gasteiger partial charge in [-0.25, -0.2) is 4.98 Å². The molecule has 0 fully saturated rings. The number of imidazole rings is 1. The second-order valence-corrected chi connectivity index (χ2v) is 6.17. The Morgan fingerprint density at radius 1 is 1.09 bits per heavy atom. The highest BCUT2D eigenvalue weighted by molar-refractivity contribution is 8.03. The number of hydrogen-bond acceptors (Lipinski definition) is 3. The third-order valence-electron chi connectivity index (χ3n) is 3.28. The summed E-state index contributed by atoms with van der Waals surface area (Å²) < 4.78 is 3.24. The number of aromatic amines is 1. The van der Waals surface area contributed by atoms with Gasteiger partial charge in [0.2, 0.25) is 0 Å². The monoisotopic (exact) mass is 341 g/mol. The van der Waals surface area contributed by atoms with E-state index in [9.17, 15) is 0 Å². The van der Waals surface area contributed by atoms with Gasteiger partial charge in [-0.2, -0.15) is 0 Å². The van der Waals surface area contributed by atoms with Crippen molar-refractivity contribution in [3.05, 3.63) is 88.3 Å². The quantitative estimate of drug-likeness (QED) is 0.591. The molecule has 23 heavy (non-hydrogen) atoms. The predicted octanol–water partition coefficient (Wildman–Crippen LogP) is 5.38. The van der Waals surface area contributed by atoms with Crippen molar-refractivity contribution in [2.24, 2.45) is 0 Å². The number of benzene rings is 2. The molecule has 3 nitrogen and oxygen atoms in total. The van der Waals surface area contributed by atoms with Crippen molar-refractivity contribution in [2.45, 2.75) is 6.42 Å². The van der Waals surface area contributed by atoms with E-state index in [0.717, 1.165) is 22.8 Å². The minimum Gasteiger partial charge on any atom is -0.348 e. The maximum absolute atomic E-state index is 5.86. The Bertz CT molecular complexity index is 750.